The SMILES string of the molecule is CCN1CCC(CNc2nc(C(C)(C)C)nc(Cl)c2C)C1. The van der Waals surface area contributed by atoms with Crippen LogP contribution in [-0.2, 0) is 5.41 Å². The highest BCUT2D eigenvalue weighted by Gasteiger charge is 2.23. The fourth-order valence-corrected chi connectivity index (χ4v) is 2.77. The van der Waals surface area contributed by atoms with E-state index in [2.05, 4.69) is 47.9 Å². The molecule has 1 unspecified atom stereocenters. The minimum Gasteiger partial charge on any atom is -0.369 e. The number of likely N-dealkylation sites (tertiary alicyclic amines) is 1. The number of hydrogen-bond donors (Lipinski definition) is 1. The zero-order chi connectivity index (χ0) is 15.6. The molecule has 1 N–H and O–H groups in total. The van der Waals surface area contributed by atoms with Gasteiger partial charge in [-0.1, -0.05) is 39.3 Å². The Morgan fingerprint density at radius 1 is 1.33 bits per heavy atom. The molecule has 0 saturated carbocycles. The summed E-state index contributed by atoms with van der Waals surface area (Å²) in [5.74, 6) is 2.37. The van der Waals surface area contributed by atoms with Gasteiger partial charge in [0.25, 0.3) is 0 Å². The number of nitrogens with one attached hydrogen (secondary N) is 1. The fraction of sp³-hybridized carbons (Fsp3) is 0.750. The van der Waals surface area contributed by atoms with Gasteiger partial charge in [-0.2, -0.15) is 0 Å². The van der Waals surface area contributed by atoms with Crippen molar-refractivity contribution in [3.8, 4) is 0 Å². The van der Waals surface area contributed by atoms with Crippen molar-refractivity contribution in [2.75, 3.05) is 31.5 Å². The van der Waals surface area contributed by atoms with E-state index in [0.29, 0.717) is 11.1 Å². The van der Waals surface area contributed by atoms with Gasteiger partial charge in [-0.25, -0.2) is 9.97 Å². The molecule has 0 bridgehead atoms. The highest BCUT2D eigenvalue weighted by Crippen LogP contribution is 2.26. The molecule has 2 rings (SSSR count). The van der Waals surface area contributed by atoms with Gasteiger partial charge < -0.3 is 10.2 Å². The first kappa shape index (κ1) is 16.5. The summed E-state index contributed by atoms with van der Waals surface area (Å²) in [6.45, 7) is 15.0. The van der Waals surface area contributed by atoms with E-state index < -0.39 is 0 Å². The van der Waals surface area contributed by atoms with E-state index in [4.69, 9.17) is 11.6 Å². The van der Waals surface area contributed by atoms with Gasteiger partial charge in [-0.15, -0.1) is 0 Å². The Morgan fingerprint density at radius 2 is 2.05 bits per heavy atom. The van der Waals surface area contributed by atoms with Gasteiger partial charge in [0.05, 0.1) is 0 Å². The van der Waals surface area contributed by atoms with Crippen molar-refractivity contribution < 1.29 is 0 Å². The minimum atomic E-state index is -0.0971. The van der Waals surface area contributed by atoms with Gasteiger partial charge in [0.2, 0.25) is 0 Å². The molecule has 1 aromatic heterocycles. The summed E-state index contributed by atoms with van der Waals surface area (Å²) in [7, 11) is 0. The van der Waals surface area contributed by atoms with Crippen molar-refractivity contribution >= 4 is 17.4 Å². The third kappa shape index (κ3) is 4.07. The summed E-state index contributed by atoms with van der Waals surface area (Å²) in [4.78, 5) is 11.6. The molecule has 1 fully saturated rings. The molecular weight excluding hydrogens is 284 g/mol. The Morgan fingerprint density at radius 3 is 2.62 bits per heavy atom. The van der Waals surface area contributed by atoms with E-state index in [9.17, 15) is 0 Å². The van der Waals surface area contributed by atoms with Crippen LogP contribution in [-0.4, -0.2) is 41.0 Å². The average molecular weight is 311 g/mol. The maximum absolute atomic E-state index is 6.27. The van der Waals surface area contributed by atoms with Gasteiger partial charge in [0, 0.05) is 24.1 Å². The molecule has 5 heteroatoms. The molecule has 0 amide bonds. The summed E-state index contributed by atoms with van der Waals surface area (Å²) in [6, 6.07) is 0. The van der Waals surface area contributed by atoms with Crippen molar-refractivity contribution in [1.29, 1.82) is 0 Å². The van der Waals surface area contributed by atoms with Crippen molar-refractivity contribution in [2.45, 2.75) is 46.5 Å². The topological polar surface area (TPSA) is 41.0 Å². The molecular formula is C16H27ClN4. The fourth-order valence-electron chi connectivity index (χ4n) is 2.60. The van der Waals surface area contributed by atoms with Crippen LogP contribution < -0.4 is 5.32 Å². The van der Waals surface area contributed by atoms with E-state index in [1.54, 1.807) is 0 Å². The van der Waals surface area contributed by atoms with E-state index in [-0.39, 0.29) is 5.41 Å². The molecule has 4 nitrogen and oxygen atoms in total. The van der Waals surface area contributed by atoms with Gasteiger partial charge in [-0.05, 0) is 32.4 Å². The molecule has 1 atom stereocenters. The monoisotopic (exact) mass is 310 g/mol. The molecule has 1 saturated heterocycles. The van der Waals surface area contributed by atoms with Crippen LogP contribution in [0.2, 0.25) is 5.15 Å². The van der Waals surface area contributed by atoms with Crippen LogP contribution in [0.5, 0.6) is 0 Å². The molecule has 0 spiro atoms. The lowest BCUT2D eigenvalue weighted by Gasteiger charge is -2.20. The van der Waals surface area contributed by atoms with Crippen molar-refractivity contribution in [3.63, 3.8) is 0 Å². The second kappa shape index (κ2) is 6.49. The summed E-state index contributed by atoms with van der Waals surface area (Å²) in [5.41, 5.74) is 0.843. The third-order valence-corrected chi connectivity index (χ3v) is 4.50. The normalized spacial score (nSPS) is 20.0. The molecule has 118 valence electrons. The number of nitrogens with zero attached hydrogens (tertiary/aromatic N) is 3. The standard InChI is InChI=1S/C16H27ClN4/c1-6-21-8-7-12(10-21)9-18-14-11(2)13(17)19-15(20-14)16(3,4)5/h12H,6-10H2,1-5H3,(H,18,19,20). The lowest BCUT2D eigenvalue weighted by atomic mass is 9.95. The first-order valence-corrected chi connectivity index (χ1v) is 8.20. The number of rotatable bonds is 4. The van der Waals surface area contributed by atoms with Crippen LogP contribution in [0.3, 0.4) is 0 Å². The second-order valence-electron chi connectivity index (χ2n) is 6.99. The lowest BCUT2D eigenvalue weighted by molar-refractivity contribution is 0.345. The zero-order valence-corrected chi connectivity index (χ0v) is 14.6. The third-order valence-electron chi connectivity index (χ3n) is 4.13. The van der Waals surface area contributed by atoms with Crippen LogP contribution in [0.1, 0.15) is 45.5 Å². The molecule has 0 aliphatic carbocycles. The Hall–Kier alpha value is -0.870. The minimum absolute atomic E-state index is 0.0971. The van der Waals surface area contributed by atoms with Crippen molar-refractivity contribution in [1.82, 2.24) is 14.9 Å². The van der Waals surface area contributed by atoms with Crippen LogP contribution in [0, 0.1) is 12.8 Å². The summed E-state index contributed by atoms with van der Waals surface area (Å²) >= 11 is 6.27. The quantitative estimate of drug-likeness (QED) is 0.864. The van der Waals surface area contributed by atoms with E-state index >= 15 is 0 Å². The van der Waals surface area contributed by atoms with Gasteiger partial charge in [0.15, 0.2) is 0 Å². The molecule has 1 aliphatic rings. The maximum Gasteiger partial charge on any atom is 0.137 e. The molecule has 1 aromatic rings. The van der Waals surface area contributed by atoms with Gasteiger partial charge in [0.1, 0.15) is 16.8 Å². The van der Waals surface area contributed by atoms with Crippen molar-refractivity contribution in [2.24, 2.45) is 5.92 Å². The highest BCUT2D eigenvalue weighted by atomic mass is 35.5. The molecule has 0 aromatic carbocycles. The van der Waals surface area contributed by atoms with Gasteiger partial charge in [-0.3, -0.25) is 0 Å². The zero-order valence-electron chi connectivity index (χ0n) is 13.8. The number of anilines is 1. The van der Waals surface area contributed by atoms with E-state index in [1.165, 1.54) is 19.5 Å². The Bertz CT molecular complexity index is 496. The summed E-state index contributed by atoms with van der Waals surface area (Å²) < 4.78 is 0. The van der Waals surface area contributed by atoms with E-state index in [0.717, 1.165) is 30.3 Å². The largest absolute Gasteiger partial charge is 0.369 e. The predicted molar refractivity (Wildman–Crippen MR) is 89.2 cm³/mol. The second-order valence-corrected chi connectivity index (χ2v) is 7.35. The molecule has 2 heterocycles. The molecule has 1 aliphatic heterocycles. The lowest BCUT2D eigenvalue weighted by Crippen LogP contribution is -2.23. The number of hydrogen-bond acceptors (Lipinski definition) is 4. The highest BCUT2D eigenvalue weighted by molar-refractivity contribution is 6.30. The Kier molecular flexibility index (Phi) is 5.10. The first-order valence-electron chi connectivity index (χ1n) is 7.82. The molecule has 21 heavy (non-hydrogen) atoms. The Labute approximate surface area is 133 Å². The van der Waals surface area contributed by atoms with Crippen LogP contribution >= 0.6 is 11.6 Å². The van der Waals surface area contributed by atoms with Gasteiger partial charge >= 0.3 is 0 Å². The van der Waals surface area contributed by atoms with Crippen molar-refractivity contribution in [3.05, 3.63) is 16.5 Å². The predicted octanol–water partition coefficient (Wildman–Crippen LogP) is 3.49. The smallest absolute Gasteiger partial charge is 0.137 e. The number of halogens is 1. The summed E-state index contributed by atoms with van der Waals surface area (Å²) in [6.07, 6.45) is 1.25. The van der Waals surface area contributed by atoms with Crippen LogP contribution in [0.15, 0.2) is 0 Å². The first-order chi connectivity index (χ1) is 9.81. The maximum atomic E-state index is 6.27. The number of aromatic nitrogens is 2. The van der Waals surface area contributed by atoms with Crippen LogP contribution in [0.25, 0.3) is 0 Å². The van der Waals surface area contributed by atoms with E-state index in [1.807, 2.05) is 6.92 Å². The average Bonchev–Trinajstić information content (AvgIpc) is 2.87. The summed E-state index contributed by atoms with van der Waals surface area (Å²) in [5, 5.41) is 4.05. The Balaban J connectivity index is 2.07. The van der Waals surface area contributed by atoms with Crippen LogP contribution in [0.4, 0.5) is 5.82 Å². The molecule has 0 radical (unpaired) electrons.